The molecule has 3 nitrogen and oxygen atoms in total. The topological polar surface area (TPSA) is 46.5 Å². The van der Waals surface area contributed by atoms with Crippen molar-refractivity contribution in [2.75, 3.05) is 7.11 Å². The Balaban J connectivity index is 2.97. The number of ether oxygens (including phenoxy) is 1. The molecule has 0 fully saturated rings. The van der Waals surface area contributed by atoms with Gasteiger partial charge in [0.2, 0.25) is 0 Å². The summed E-state index contributed by atoms with van der Waals surface area (Å²) in [6.07, 6.45) is 10.3. The highest BCUT2D eigenvalue weighted by Crippen LogP contribution is 2.35. The van der Waals surface area contributed by atoms with Gasteiger partial charge >= 0.3 is 5.97 Å². The zero-order valence-corrected chi connectivity index (χ0v) is 15.6. The number of aliphatic carboxylic acids is 1. The summed E-state index contributed by atoms with van der Waals surface area (Å²) >= 11 is 12.6. The maximum absolute atomic E-state index is 10.5. The first kappa shape index (κ1) is 20.1. The molecule has 0 amide bonds. The highest BCUT2D eigenvalue weighted by molar-refractivity contribution is 6.38. The number of halogens is 2. The van der Waals surface area contributed by atoms with E-state index >= 15 is 0 Å². The lowest BCUT2D eigenvalue weighted by molar-refractivity contribution is -0.131. The van der Waals surface area contributed by atoms with E-state index in [1.54, 1.807) is 32.3 Å². The van der Waals surface area contributed by atoms with Crippen LogP contribution in [0.1, 0.15) is 25.0 Å². The predicted octanol–water partition coefficient (Wildman–Crippen LogP) is 5.86. The van der Waals surface area contributed by atoms with Crippen LogP contribution in [0.2, 0.25) is 10.0 Å². The zero-order chi connectivity index (χ0) is 18.3. The number of allylic oxidation sites excluding steroid dienone is 6. The minimum atomic E-state index is -0.961. The number of hydrogen-bond donors (Lipinski definition) is 1. The van der Waals surface area contributed by atoms with Gasteiger partial charge in [-0.3, -0.25) is 0 Å². The Hall–Kier alpha value is -1.97. The predicted molar refractivity (Wildman–Crippen MR) is 101 cm³/mol. The largest absolute Gasteiger partial charge is 0.496 e. The second-order valence-corrected chi connectivity index (χ2v) is 6.03. The summed E-state index contributed by atoms with van der Waals surface area (Å²) in [5, 5.41) is 9.71. The van der Waals surface area contributed by atoms with Crippen molar-refractivity contribution in [1.29, 1.82) is 0 Å². The van der Waals surface area contributed by atoms with Gasteiger partial charge in [0.25, 0.3) is 0 Å². The second-order valence-electron chi connectivity index (χ2n) is 5.24. The van der Waals surface area contributed by atoms with Gasteiger partial charge in [0, 0.05) is 17.2 Å². The van der Waals surface area contributed by atoms with Gasteiger partial charge in [0.15, 0.2) is 0 Å². The second kappa shape index (κ2) is 9.36. The van der Waals surface area contributed by atoms with E-state index in [2.05, 4.69) is 0 Å². The van der Waals surface area contributed by atoms with Crippen molar-refractivity contribution < 1.29 is 14.6 Å². The third-order valence-corrected chi connectivity index (χ3v) is 4.05. The van der Waals surface area contributed by atoms with Crippen molar-refractivity contribution in [2.24, 2.45) is 0 Å². The number of carboxylic acids is 1. The molecule has 0 spiro atoms. The van der Waals surface area contributed by atoms with E-state index in [0.29, 0.717) is 21.4 Å². The highest BCUT2D eigenvalue weighted by atomic mass is 35.5. The molecule has 1 aromatic rings. The van der Waals surface area contributed by atoms with Crippen molar-refractivity contribution >= 4 is 35.2 Å². The molecule has 1 rings (SSSR count). The maximum Gasteiger partial charge on any atom is 0.328 e. The van der Waals surface area contributed by atoms with E-state index in [-0.39, 0.29) is 0 Å². The Morgan fingerprint density at radius 3 is 2.46 bits per heavy atom. The molecule has 0 saturated carbocycles. The van der Waals surface area contributed by atoms with E-state index in [4.69, 9.17) is 33.0 Å². The Morgan fingerprint density at radius 2 is 1.88 bits per heavy atom. The highest BCUT2D eigenvalue weighted by Gasteiger charge is 2.11. The average Bonchev–Trinajstić information content (AvgIpc) is 2.50. The molecule has 0 unspecified atom stereocenters. The van der Waals surface area contributed by atoms with Crippen molar-refractivity contribution in [3.05, 3.63) is 68.8 Å². The molecule has 0 aliphatic carbocycles. The van der Waals surface area contributed by atoms with Crippen LogP contribution in [0, 0.1) is 6.92 Å². The van der Waals surface area contributed by atoms with Crippen LogP contribution in [-0.2, 0) is 4.79 Å². The Morgan fingerprint density at radius 1 is 1.21 bits per heavy atom. The fourth-order valence-corrected chi connectivity index (χ4v) is 2.51. The van der Waals surface area contributed by atoms with E-state index in [1.165, 1.54) is 0 Å². The number of methoxy groups -OCH3 is 1. The van der Waals surface area contributed by atoms with Gasteiger partial charge in [-0.2, -0.15) is 0 Å². The first-order chi connectivity index (χ1) is 11.3. The molecule has 1 N–H and O–H groups in total. The van der Waals surface area contributed by atoms with Crippen LogP contribution in [0.5, 0.6) is 5.75 Å². The minimum absolute atomic E-state index is 0.516. The molecule has 0 aliphatic heterocycles. The third kappa shape index (κ3) is 5.91. The first-order valence-corrected chi connectivity index (χ1v) is 7.98. The van der Waals surface area contributed by atoms with Crippen molar-refractivity contribution in [1.82, 2.24) is 0 Å². The lowest BCUT2D eigenvalue weighted by Crippen LogP contribution is -1.91. The van der Waals surface area contributed by atoms with Gasteiger partial charge < -0.3 is 9.84 Å². The summed E-state index contributed by atoms with van der Waals surface area (Å²) < 4.78 is 5.23. The fraction of sp³-hybridized carbons (Fsp3) is 0.211. The number of carbonyl (C=O) groups is 1. The molecule has 0 bridgehead atoms. The lowest BCUT2D eigenvalue weighted by Gasteiger charge is -2.10. The SMILES string of the molecule is COc1cc(Cl)c(/C=C/C(C)=C/C=C/C(C)=C/C(=O)O)c(Cl)c1C. The molecule has 0 aliphatic rings. The standard InChI is InChI=1S/C19H20Cl2O3/c1-12(6-5-7-13(2)10-18(22)23)8-9-15-16(20)11-17(24-4)14(3)19(15)21/h5-11H,1-4H3,(H,22,23)/b7-5+,9-8+,12-6+,13-10+. The van der Waals surface area contributed by atoms with E-state index in [0.717, 1.165) is 22.8 Å². The molecule has 0 heterocycles. The summed E-state index contributed by atoms with van der Waals surface area (Å²) in [5.74, 6) is -0.310. The van der Waals surface area contributed by atoms with Crippen LogP contribution in [0.25, 0.3) is 6.08 Å². The fourth-order valence-electron chi connectivity index (χ4n) is 1.95. The van der Waals surface area contributed by atoms with Gasteiger partial charge in [-0.1, -0.05) is 59.2 Å². The number of carboxylic acid groups (broad SMARTS) is 1. The van der Waals surface area contributed by atoms with E-state index in [1.807, 2.05) is 32.1 Å². The van der Waals surface area contributed by atoms with Crippen LogP contribution < -0.4 is 4.74 Å². The monoisotopic (exact) mass is 366 g/mol. The van der Waals surface area contributed by atoms with Crippen LogP contribution >= 0.6 is 23.2 Å². The van der Waals surface area contributed by atoms with Gasteiger partial charge in [0.05, 0.1) is 17.2 Å². The molecule has 0 radical (unpaired) electrons. The summed E-state index contributed by atoms with van der Waals surface area (Å²) in [6.45, 7) is 5.52. The first-order valence-electron chi connectivity index (χ1n) is 7.23. The summed E-state index contributed by atoms with van der Waals surface area (Å²) in [5.41, 5.74) is 3.19. The summed E-state index contributed by atoms with van der Waals surface area (Å²) in [6, 6.07) is 1.74. The molecule has 0 aromatic heterocycles. The minimum Gasteiger partial charge on any atom is -0.496 e. The van der Waals surface area contributed by atoms with Crippen LogP contribution in [-0.4, -0.2) is 18.2 Å². The Kier molecular flexibility index (Phi) is 7.83. The van der Waals surface area contributed by atoms with Crippen LogP contribution in [0.3, 0.4) is 0 Å². The summed E-state index contributed by atoms with van der Waals surface area (Å²) in [7, 11) is 1.57. The Labute approximate surface area is 152 Å². The quantitative estimate of drug-likeness (QED) is 0.506. The normalized spacial score (nSPS) is 13.1. The number of rotatable bonds is 6. The zero-order valence-electron chi connectivity index (χ0n) is 14.1. The number of benzene rings is 1. The maximum atomic E-state index is 10.5. The molecule has 0 saturated heterocycles. The molecular weight excluding hydrogens is 347 g/mol. The molecule has 24 heavy (non-hydrogen) atoms. The van der Waals surface area contributed by atoms with Gasteiger partial charge in [0.1, 0.15) is 5.75 Å². The van der Waals surface area contributed by atoms with Gasteiger partial charge in [-0.15, -0.1) is 0 Å². The molecular formula is C19H20Cl2O3. The summed E-state index contributed by atoms with van der Waals surface area (Å²) in [4.78, 5) is 10.5. The Bertz CT molecular complexity index is 741. The average molecular weight is 367 g/mol. The van der Waals surface area contributed by atoms with Gasteiger partial charge in [-0.25, -0.2) is 4.79 Å². The van der Waals surface area contributed by atoms with Crippen LogP contribution in [0.15, 0.2) is 47.6 Å². The molecule has 1 aromatic carbocycles. The van der Waals surface area contributed by atoms with Gasteiger partial charge in [-0.05, 0) is 32.4 Å². The van der Waals surface area contributed by atoms with Crippen molar-refractivity contribution in [2.45, 2.75) is 20.8 Å². The van der Waals surface area contributed by atoms with E-state index < -0.39 is 5.97 Å². The van der Waals surface area contributed by atoms with Crippen molar-refractivity contribution in [3.63, 3.8) is 0 Å². The number of hydrogen-bond acceptors (Lipinski definition) is 2. The lowest BCUT2D eigenvalue weighted by atomic mass is 10.1. The molecule has 5 heteroatoms. The van der Waals surface area contributed by atoms with Crippen LogP contribution in [0.4, 0.5) is 0 Å². The third-order valence-electron chi connectivity index (χ3n) is 3.25. The molecule has 128 valence electrons. The van der Waals surface area contributed by atoms with E-state index in [9.17, 15) is 4.79 Å². The smallest absolute Gasteiger partial charge is 0.328 e. The van der Waals surface area contributed by atoms with Crippen molar-refractivity contribution in [3.8, 4) is 5.75 Å². The molecule has 0 atom stereocenters.